The van der Waals surface area contributed by atoms with Crippen LogP contribution in [0, 0.1) is 0 Å². The maximum atomic E-state index is 12.9. The minimum absolute atomic E-state index is 0.225. The van der Waals surface area contributed by atoms with E-state index in [2.05, 4.69) is 5.32 Å². The van der Waals surface area contributed by atoms with Crippen LogP contribution >= 0.6 is 0 Å². The number of likely N-dealkylation sites (tertiary alicyclic amines) is 1. The van der Waals surface area contributed by atoms with E-state index in [-0.39, 0.29) is 31.1 Å². The van der Waals surface area contributed by atoms with Crippen molar-refractivity contribution in [3.05, 3.63) is 0 Å². The van der Waals surface area contributed by atoms with Crippen molar-refractivity contribution in [3.8, 4) is 0 Å². The Labute approximate surface area is 174 Å². The monoisotopic (exact) mass is 426 g/mol. The first-order valence-electron chi connectivity index (χ1n) is 10.2. The van der Waals surface area contributed by atoms with Gasteiger partial charge in [-0.2, -0.15) is 0 Å². The van der Waals surface area contributed by atoms with Crippen LogP contribution in [0.1, 0.15) is 45.4 Å². The number of nitrogens with zero attached hydrogens (tertiary/aromatic N) is 2. The van der Waals surface area contributed by atoms with E-state index in [1.165, 1.54) is 11.8 Å². The van der Waals surface area contributed by atoms with Crippen molar-refractivity contribution >= 4 is 29.5 Å². The third-order valence-electron chi connectivity index (χ3n) is 5.57. The number of carbonyl (C=O) groups is 5. The Morgan fingerprint density at radius 2 is 1.90 bits per heavy atom. The molecule has 0 aromatic heterocycles. The van der Waals surface area contributed by atoms with Gasteiger partial charge in [0, 0.05) is 32.9 Å². The number of carboxylic acid groups (broad SMARTS) is 1. The quantitative estimate of drug-likeness (QED) is 0.333. The molecule has 168 valence electrons. The molecule has 0 spiro atoms. The molecular formula is C19H30N4O7. The Morgan fingerprint density at radius 3 is 2.47 bits per heavy atom. The number of aliphatic hydroxyl groups excluding tert-OH is 1. The molecule has 2 aliphatic rings. The highest BCUT2D eigenvalue weighted by Crippen LogP contribution is 2.20. The summed E-state index contributed by atoms with van der Waals surface area (Å²) in [5, 5.41) is 21.3. The van der Waals surface area contributed by atoms with E-state index in [0.717, 1.165) is 11.3 Å². The second-order valence-corrected chi connectivity index (χ2v) is 7.77. The SMILES string of the molecule is CC(=O)N1CCC[C@@H]1C(=O)C[C@H](N)C(=O)N(CCC(O)C(=O)O)C(=O)[C@H]1CCCN1. The topological polar surface area (TPSA) is 170 Å². The van der Waals surface area contributed by atoms with Crippen molar-refractivity contribution in [1.82, 2.24) is 15.1 Å². The number of nitrogens with one attached hydrogen (secondary N) is 1. The van der Waals surface area contributed by atoms with Crippen LogP contribution in [0.25, 0.3) is 0 Å². The summed E-state index contributed by atoms with van der Waals surface area (Å²) < 4.78 is 0. The molecule has 0 bridgehead atoms. The summed E-state index contributed by atoms with van der Waals surface area (Å²) in [5.41, 5.74) is 5.94. The van der Waals surface area contributed by atoms with Crippen molar-refractivity contribution in [2.45, 2.75) is 69.7 Å². The molecule has 2 aliphatic heterocycles. The molecule has 3 amide bonds. The average Bonchev–Trinajstić information content (AvgIpc) is 3.39. The molecule has 2 saturated heterocycles. The van der Waals surface area contributed by atoms with E-state index in [1.54, 1.807) is 0 Å². The minimum atomic E-state index is -1.73. The van der Waals surface area contributed by atoms with Gasteiger partial charge in [-0.3, -0.25) is 24.1 Å². The summed E-state index contributed by atoms with van der Waals surface area (Å²) in [6, 6.07) is -2.53. The molecule has 1 unspecified atom stereocenters. The molecular weight excluding hydrogens is 396 g/mol. The van der Waals surface area contributed by atoms with Crippen LogP contribution in [-0.2, 0) is 24.0 Å². The maximum absolute atomic E-state index is 12.9. The highest BCUT2D eigenvalue weighted by Gasteiger charge is 2.37. The van der Waals surface area contributed by atoms with E-state index in [0.29, 0.717) is 32.4 Å². The maximum Gasteiger partial charge on any atom is 0.332 e. The summed E-state index contributed by atoms with van der Waals surface area (Å²) in [6.07, 6.45) is 0.0442. The lowest BCUT2D eigenvalue weighted by molar-refractivity contribution is -0.152. The van der Waals surface area contributed by atoms with Crippen LogP contribution < -0.4 is 11.1 Å². The van der Waals surface area contributed by atoms with E-state index in [1.807, 2.05) is 0 Å². The average molecular weight is 426 g/mol. The van der Waals surface area contributed by atoms with Gasteiger partial charge in [-0.15, -0.1) is 0 Å². The first-order valence-corrected chi connectivity index (χ1v) is 10.2. The van der Waals surface area contributed by atoms with Gasteiger partial charge in [0.1, 0.15) is 0 Å². The van der Waals surface area contributed by atoms with Crippen LogP contribution in [0.3, 0.4) is 0 Å². The predicted molar refractivity (Wildman–Crippen MR) is 104 cm³/mol. The Bertz CT molecular complexity index is 692. The second kappa shape index (κ2) is 10.6. The Hall–Kier alpha value is -2.37. The molecule has 2 heterocycles. The number of carboxylic acids is 1. The molecule has 4 atom stereocenters. The van der Waals surface area contributed by atoms with Crippen LogP contribution in [0.4, 0.5) is 0 Å². The lowest BCUT2D eigenvalue weighted by atomic mass is 10.0. The van der Waals surface area contributed by atoms with Crippen LogP contribution in [0.5, 0.6) is 0 Å². The fourth-order valence-electron chi connectivity index (χ4n) is 3.91. The van der Waals surface area contributed by atoms with Crippen LogP contribution in [-0.4, -0.2) is 93.4 Å². The zero-order chi connectivity index (χ0) is 22.4. The summed E-state index contributed by atoms with van der Waals surface area (Å²) in [6.45, 7) is 2.14. The summed E-state index contributed by atoms with van der Waals surface area (Å²) >= 11 is 0. The van der Waals surface area contributed by atoms with Crippen LogP contribution in [0.2, 0.25) is 0 Å². The normalized spacial score (nSPS) is 23.1. The number of rotatable bonds is 9. The van der Waals surface area contributed by atoms with Gasteiger partial charge >= 0.3 is 5.97 Å². The number of hydrogen-bond acceptors (Lipinski definition) is 8. The Balaban J connectivity index is 2.06. The minimum Gasteiger partial charge on any atom is -0.479 e. The van der Waals surface area contributed by atoms with Gasteiger partial charge in [0.2, 0.25) is 17.7 Å². The highest BCUT2D eigenvalue weighted by atomic mass is 16.4. The number of carbonyl (C=O) groups excluding carboxylic acids is 4. The molecule has 0 aliphatic carbocycles. The number of hydrogen-bond donors (Lipinski definition) is 4. The summed E-state index contributed by atoms with van der Waals surface area (Å²) in [4.78, 5) is 63.1. The first-order chi connectivity index (χ1) is 14.1. The molecule has 0 aromatic rings. The third kappa shape index (κ3) is 5.83. The van der Waals surface area contributed by atoms with Gasteiger partial charge in [0.25, 0.3) is 0 Å². The Kier molecular flexibility index (Phi) is 8.44. The highest BCUT2D eigenvalue weighted by molar-refractivity contribution is 6.02. The number of aliphatic hydroxyl groups is 1. The second-order valence-electron chi connectivity index (χ2n) is 7.77. The standard InChI is InChI=1S/C19H30N4O7/c1-11(24)22-8-3-5-14(22)16(26)10-12(20)17(27)23(9-6-15(25)19(29)30)18(28)13-4-2-7-21-13/h12-15,21,25H,2-10,20H2,1H3,(H,29,30)/t12-,13+,14+,15?/m0/s1. The molecule has 11 nitrogen and oxygen atoms in total. The van der Waals surface area contributed by atoms with E-state index >= 15 is 0 Å². The lowest BCUT2D eigenvalue weighted by Gasteiger charge is -2.28. The van der Waals surface area contributed by atoms with Crippen LogP contribution in [0.15, 0.2) is 0 Å². The van der Waals surface area contributed by atoms with Crippen molar-refractivity contribution in [1.29, 1.82) is 0 Å². The fraction of sp³-hybridized carbons (Fsp3) is 0.737. The number of aliphatic carboxylic acids is 1. The first kappa shape index (κ1) is 23.9. The molecule has 0 radical (unpaired) electrons. The zero-order valence-corrected chi connectivity index (χ0v) is 17.1. The number of nitrogens with two attached hydrogens (primary N) is 1. The number of ketones is 1. The van der Waals surface area contributed by atoms with Crippen molar-refractivity contribution in [3.63, 3.8) is 0 Å². The smallest absolute Gasteiger partial charge is 0.332 e. The van der Waals surface area contributed by atoms with Gasteiger partial charge in [-0.05, 0) is 32.2 Å². The predicted octanol–water partition coefficient (Wildman–Crippen LogP) is -1.77. The van der Waals surface area contributed by atoms with Gasteiger partial charge in [0.15, 0.2) is 11.9 Å². The van der Waals surface area contributed by atoms with E-state index in [9.17, 15) is 29.1 Å². The molecule has 2 fully saturated rings. The van der Waals surface area contributed by atoms with Gasteiger partial charge in [-0.1, -0.05) is 0 Å². The van der Waals surface area contributed by atoms with Crippen molar-refractivity contribution < 1.29 is 34.2 Å². The third-order valence-corrected chi connectivity index (χ3v) is 5.57. The number of Topliss-reactive ketones (excluding diaryl/α,β-unsaturated/α-hetero) is 1. The number of imide groups is 1. The van der Waals surface area contributed by atoms with Gasteiger partial charge in [-0.25, -0.2) is 4.79 Å². The Morgan fingerprint density at radius 1 is 1.20 bits per heavy atom. The lowest BCUT2D eigenvalue weighted by Crippen LogP contribution is -2.54. The van der Waals surface area contributed by atoms with Gasteiger partial charge in [0.05, 0.1) is 18.1 Å². The number of amides is 3. The molecule has 0 saturated carbocycles. The van der Waals surface area contributed by atoms with Crippen molar-refractivity contribution in [2.24, 2.45) is 5.73 Å². The zero-order valence-electron chi connectivity index (χ0n) is 17.1. The molecule has 30 heavy (non-hydrogen) atoms. The molecule has 11 heteroatoms. The molecule has 2 rings (SSSR count). The molecule has 5 N–H and O–H groups in total. The van der Waals surface area contributed by atoms with Crippen molar-refractivity contribution in [2.75, 3.05) is 19.6 Å². The summed E-state index contributed by atoms with van der Waals surface area (Å²) in [5.74, 6) is -3.38. The largest absolute Gasteiger partial charge is 0.479 e. The summed E-state index contributed by atoms with van der Waals surface area (Å²) in [7, 11) is 0. The van der Waals surface area contributed by atoms with Gasteiger partial charge < -0.3 is 26.2 Å². The fourth-order valence-corrected chi connectivity index (χ4v) is 3.91. The molecule has 0 aromatic carbocycles. The van der Waals surface area contributed by atoms with E-state index in [4.69, 9.17) is 10.8 Å². The van der Waals surface area contributed by atoms with E-state index < -0.39 is 42.0 Å².